The average Bonchev–Trinajstić information content (AvgIpc) is 2.48. The van der Waals surface area contributed by atoms with E-state index in [0.29, 0.717) is 16.8 Å². The molecule has 0 aliphatic rings. The van der Waals surface area contributed by atoms with Crippen molar-refractivity contribution in [2.24, 2.45) is 0 Å². The zero-order valence-electron chi connectivity index (χ0n) is 10.7. The molecule has 0 radical (unpaired) electrons. The van der Waals surface area contributed by atoms with E-state index in [1.165, 1.54) is 0 Å². The lowest BCUT2D eigenvalue weighted by molar-refractivity contribution is 0.476. The van der Waals surface area contributed by atoms with Crippen molar-refractivity contribution in [3.05, 3.63) is 77.1 Å². The average molecular weight is 263 g/mol. The minimum atomic E-state index is -0.296. The Bertz CT molecular complexity index is 777. The minimum absolute atomic E-state index is 0.0150. The van der Waals surface area contributed by atoms with Crippen LogP contribution in [-0.4, -0.2) is 10.1 Å². The maximum atomic E-state index is 12.2. The van der Waals surface area contributed by atoms with Crippen LogP contribution in [0.15, 0.2) is 71.5 Å². The molecule has 2 N–H and O–H groups in total. The molecule has 1 heterocycles. The molecule has 0 fully saturated rings. The monoisotopic (exact) mass is 263 g/mol. The van der Waals surface area contributed by atoms with E-state index in [1.54, 1.807) is 18.2 Å². The summed E-state index contributed by atoms with van der Waals surface area (Å²) in [7, 11) is 0. The Labute approximate surface area is 116 Å². The molecule has 0 unspecified atom stereocenters. The Balaban J connectivity index is 2.16. The van der Waals surface area contributed by atoms with Gasteiger partial charge < -0.3 is 10.1 Å². The third-order valence-corrected chi connectivity index (χ3v) is 3.16. The Hall–Kier alpha value is -2.81. The highest BCUT2D eigenvalue weighted by Gasteiger charge is 2.11. The predicted molar refractivity (Wildman–Crippen MR) is 79.6 cm³/mol. The lowest BCUT2D eigenvalue weighted by Crippen LogP contribution is -2.10. The zero-order chi connectivity index (χ0) is 13.9. The van der Waals surface area contributed by atoms with Crippen LogP contribution in [-0.2, 0) is 0 Å². The van der Waals surface area contributed by atoms with E-state index >= 15 is 0 Å². The molecule has 98 valence electrons. The number of rotatable bonds is 2. The van der Waals surface area contributed by atoms with Gasteiger partial charge >= 0.3 is 0 Å². The quantitative estimate of drug-likeness (QED) is 0.744. The highest BCUT2D eigenvalue weighted by Crippen LogP contribution is 2.28. The van der Waals surface area contributed by atoms with Gasteiger partial charge in [0.1, 0.15) is 5.75 Å². The van der Waals surface area contributed by atoms with Crippen molar-refractivity contribution in [3.8, 4) is 28.1 Å². The summed E-state index contributed by atoms with van der Waals surface area (Å²) in [5.41, 5.74) is 2.17. The molecule has 2 aromatic carbocycles. The molecule has 3 aromatic rings. The van der Waals surface area contributed by atoms with Crippen LogP contribution in [0.5, 0.6) is 5.75 Å². The molecule has 3 heteroatoms. The van der Waals surface area contributed by atoms with Crippen LogP contribution in [0.1, 0.15) is 0 Å². The number of aromatic nitrogens is 1. The molecule has 1 aromatic heterocycles. The third kappa shape index (κ3) is 2.21. The Morgan fingerprint density at radius 1 is 0.800 bits per heavy atom. The molecular weight excluding hydrogens is 250 g/mol. The molecule has 0 amide bonds. The van der Waals surface area contributed by atoms with Crippen LogP contribution in [0.2, 0.25) is 0 Å². The SMILES string of the molecule is O=c1[nH]c(-c2ccccc2)cc(O)c1-c1ccccc1. The maximum Gasteiger partial charge on any atom is 0.260 e. The van der Waals surface area contributed by atoms with Gasteiger partial charge in [-0.25, -0.2) is 0 Å². The first-order valence-corrected chi connectivity index (χ1v) is 6.33. The molecule has 0 saturated heterocycles. The summed E-state index contributed by atoms with van der Waals surface area (Å²) in [6.45, 7) is 0. The van der Waals surface area contributed by atoms with E-state index in [9.17, 15) is 9.90 Å². The lowest BCUT2D eigenvalue weighted by Gasteiger charge is -2.07. The van der Waals surface area contributed by atoms with Gasteiger partial charge in [0.25, 0.3) is 5.56 Å². The number of pyridine rings is 1. The normalized spacial score (nSPS) is 10.4. The van der Waals surface area contributed by atoms with Gasteiger partial charge in [0.2, 0.25) is 0 Å². The molecule has 0 aliphatic carbocycles. The summed E-state index contributed by atoms with van der Waals surface area (Å²) in [5, 5.41) is 10.2. The van der Waals surface area contributed by atoms with E-state index in [4.69, 9.17) is 0 Å². The molecule has 0 spiro atoms. The molecule has 3 rings (SSSR count). The van der Waals surface area contributed by atoms with Crippen LogP contribution in [0.4, 0.5) is 0 Å². The fraction of sp³-hybridized carbons (Fsp3) is 0. The molecule has 20 heavy (non-hydrogen) atoms. The smallest absolute Gasteiger partial charge is 0.260 e. The number of hydrogen-bond acceptors (Lipinski definition) is 2. The molecule has 0 saturated carbocycles. The maximum absolute atomic E-state index is 12.2. The molecule has 0 aliphatic heterocycles. The van der Waals surface area contributed by atoms with Crippen LogP contribution >= 0.6 is 0 Å². The highest BCUT2D eigenvalue weighted by atomic mass is 16.3. The van der Waals surface area contributed by atoms with Crippen molar-refractivity contribution in [2.75, 3.05) is 0 Å². The first-order valence-electron chi connectivity index (χ1n) is 6.33. The highest BCUT2D eigenvalue weighted by molar-refractivity contribution is 5.72. The zero-order valence-corrected chi connectivity index (χ0v) is 10.7. The summed E-state index contributed by atoms with van der Waals surface area (Å²) in [4.78, 5) is 15.0. The van der Waals surface area contributed by atoms with Crippen LogP contribution in [0, 0.1) is 0 Å². The van der Waals surface area contributed by atoms with Gasteiger partial charge in [-0.15, -0.1) is 0 Å². The van der Waals surface area contributed by atoms with Crippen molar-refractivity contribution >= 4 is 0 Å². The fourth-order valence-electron chi connectivity index (χ4n) is 2.20. The van der Waals surface area contributed by atoms with Gasteiger partial charge in [-0.1, -0.05) is 60.7 Å². The van der Waals surface area contributed by atoms with Crippen molar-refractivity contribution < 1.29 is 5.11 Å². The topological polar surface area (TPSA) is 53.1 Å². The first kappa shape index (κ1) is 12.2. The molecule has 0 bridgehead atoms. The molecule has 3 nitrogen and oxygen atoms in total. The van der Waals surface area contributed by atoms with Gasteiger partial charge in [0.05, 0.1) is 11.3 Å². The van der Waals surface area contributed by atoms with Crippen molar-refractivity contribution in [2.45, 2.75) is 0 Å². The van der Waals surface area contributed by atoms with E-state index in [2.05, 4.69) is 4.98 Å². The number of aromatic hydroxyl groups is 1. The van der Waals surface area contributed by atoms with Gasteiger partial charge in [-0.3, -0.25) is 4.79 Å². The predicted octanol–water partition coefficient (Wildman–Crippen LogP) is 3.41. The van der Waals surface area contributed by atoms with E-state index in [1.807, 2.05) is 48.5 Å². The Morgan fingerprint density at radius 3 is 1.90 bits per heavy atom. The Morgan fingerprint density at radius 2 is 1.35 bits per heavy atom. The number of aromatic amines is 1. The second kappa shape index (κ2) is 5.05. The summed E-state index contributed by atoms with van der Waals surface area (Å²) in [6.07, 6.45) is 0. The summed E-state index contributed by atoms with van der Waals surface area (Å²) in [5.74, 6) is -0.0150. The van der Waals surface area contributed by atoms with Crippen LogP contribution in [0.25, 0.3) is 22.4 Å². The van der Waals surface area contributed by atoms with Crippen LogP contribution < -0.4 is 5.56 Å². The number of hydrogen-bond donors (Lipinski definition) is 2. The lowest BCUT2D eigenvalue weighted by atomic mass is 10.0. The third-order valence-electron chi connectivity index (χ3n) is 3.16. The van der Waals surface area contributed by atoms with Gasteiger partial charge in [-0.2, -0.15) is 0 Å². The second-order valence-corrected chi connectivity index (χ2v) is 4.50. The van der Waals surface area contributed by atoms with E-state index in [-0.39, 0.29) is 11.3 Å². The standard InChI is InChI=1S/C17H13NO2/c19-15-11-14(12-7-3-1-4-8-12)18-17(20)16(15)13-9-5-2-6-10-13/h1-11H,(H2,18,19,20). The number of nitrogens with one attached hydrogen (secondary N) is 1. The first-order chi connectivity index (χ1) is 9.75. The summed E-state index contributed by atoms with van der Waals surface area (Å²) >= 11 is 0. The van der Waals surface area contributed by atoms with Crippen LogP contribution in [0.3, 0.4) is 0 Å². The fourth-order valence-corrected chi connectivity index (χ4v) is 2.20. The van der Waals surface area contributed by atoms with Gasteiger partial charge in [0, 0.05) is 6.07 Å². The summed E-state index contributed by atoms with van der Waals surface area (Å²) < 4.78 is 0. The van der Waals surface area contributed by atoms with Crippen molar-refractivity contribution in [1.29, 1.82) is 0 Å². The number of H-pyrrole nitrogens is 1. The Kier molecular flexibility index (Phi) is 3.09. The number of benzene rings is 2. The van der Waals surface area contributed by atoms with E-state index < -0.39 is 0 Å². The second-order valence-electron chi connectivity index (χ2n) is 4.50. The van der Waals surface area contributed by atoms with E-state index in [0.717, 1.165) is 5.56 Å². The van der Waals surface area contributed by atoms with Gasteiger partial charge in [0.15, 0.2) is 0 Å². The molecule has 0 atom stereocenters. The summed E-state index contributed by atoms with van der Waals surface area (Å²) in [6, 6.07) is 20.1. The minimum Gasteiger partial charge on any atom is -0.507 e. The van der Waals surface area contributed by atoms with Crippen molar-refractivity contribution in [3.63, 3.8) is 0 Å². The van der Waals surface area contributed by atoms with Gasteiger partial charge in [-0.05, 0) is 11.1 Å². The van der Waals surface area contributed by atoms with Crippen molar-refractivity contribution in [1.82, 2.24) is 4.98 Å². The molecular formula is C17H13NO2. The largest absolute Gasteiger partial charge is 0.507 e.